The number of hydrogen-bond donors (Lipinski definition) is 3. The molecule has 3 N–H and O–H groups in total. The highest BCUT2D eigenvalue weighted by atomic mass is 79.9. The van der Waals surface area contributed by atoms with Crippen LogP contribution < -0.4 is 16.0 Å². The van der Waals surface area contributed by atoms with E-state index in [1.54, 1.807) is 0 Å². The largest absolute Gasteiger partial charge is 0.355 e. The fourth-order valence-corrected chi connectivity index (χ4v) is 3.98. The number of benzene rings is 2. The first kappa shape index (κ1) is 22.0. The lowest BCUT2D eigenvalue weighted by atomic mass is 9.94. The second-order valence-electron chi connectivity index (χ2n) is 7.21. The second kappa shape index (κ2) is 10.9. The summed E-state index contributed by atoms with van der Waals surface area (Å²) in [5.74, 6) is -0.763. The maximum Gasteiger partial charge on any atom is 0.225 e. The number of amides is 2. The quantitative estimate of drug-likeness (QED) is 0.499. The third kappa shape index (κ3) is 6.66. The van der Waals surface area contributed by atoms with Crippen molar-refractivity contribution < 1.29 is 9.59 Å². The Hall–Kier alpha value is -1.70. The van der Waals surface area contributed by atoms with Crippen LogP contribution in [-0.2, 0) is 22.4 Å². The van der Waals surface area contributed by atoms with Crippen molar-refractivity contribution in [3.8, 4) is 0 Å². The molecule has 0 saturated carbocycles. The zero-order chi connectivity index (χ0) is 20.6. The molecule has 2 atom stereocenters. The van der Waals surface area contributed by atoms with E-state index in [1.165, 1.54) is 11.1 Å². The van der Waals surface area contributed by atoms with Gasteiger partial charge in [-0.2, -0.15) is 0 Å². The Bertz CT molecular complexity index is 755. The van der Waals surface area contributed by atoms with E-state index in [0.717, 1.165) is 21.8 Å². The topological polar surface area (TPSA) is 70.2 Å². The summed E-state index contributed by atoms with van der Waals surface area (Å²) in [4.78, 5) is 25.2. The minimum absolute atomic E-state index is 0.0554. The molecule has 1 aliphatic rings. The average Bonchev–Trinajstić information content (AvgIpc) is 3.21. The van der Waals surface area contributed by atoms with Gasteiger partial charge < -0.3 is 16.0 Å². The predicted molar refractivity (Wildman–Crippen MR) is 122 cm³/mol. The maximum atomic E-state index is 12.6. The van der Waals surface area contributed by atoms with Crippen molar-refractivity contribution in [3.63, 3.8) is 0 Å². The van der Waals surface area contributed by atoms with Gasteiger partial charge in [0.05, 0.1) is 11.8 Å². The molecule has 0 bridgehead atoms. The third-order valence-electron chi connectivity index (χ3n) is 5.14. The second-order valence-corrected chi connectivity index (χ2v) is 9.04. The van der Waals surface area contributed by atoms with Gasteiger partial charge in [-0.1, -0.05) is 56.1 Å². The van der Waals surface area contributed by atoms with Crippen LogP contribution in [0.4, 0.5) is 0 Å². The van der Waals surface area contributed by atoms with Gasteiger partial charge in [0.2, 0.25) is 11.8 Å². The summed E-state index contributed by atoms with van der Waals surface area (Å²) in [5.41, 5.74) is 2.33. The molecule has 7 heteroatoms. The van der Waals surface area contributed by atoms with Gasteiger partial charge in [-0.25, -0.2) is 0 Å². The normalized spacial score (nSPS) is 18.4. The average molecular weight is 523 g/mol. The molecule has 2 amide bonds. The van der Waals surface area contributed by atoms with Crippen molar-refractivity contribution >= 4 is 43.7 Å². The zero-order valence-electron chi connectivity index (χ0n) is 16.1. The minimum atomic E-state index is -0.326. The summed E-state index contributed by atoms with van der Waals surface area (Å²) in [7, 11) is 0. The number of nitrogens with one attached hydrogen (secondary N) is 3. The molecule has 0 spiro atoms. The highest BCUT2D eigenvalue weighted by Crippen LogP contribution is 2.18. The van der Waals surface area contributed by atoms with E-state index in [9.17, 15) is 9.59 Å². The Morgan fingerprint density at radius 2 is 1.14 bits per heavy atom. The van der Waals surface area contributed by atoms with Crippen LogP contribution in [0.3, 0.4) is 0 Å². The van der Waals surface area contributed by atoms with E-state index in [0.29, 0.717) is 26.2 Å². The van der Waals surface area contributed by atoms with Crippen molar-refractivity contribution in [1.29, 1.82) is 0 Å². The molecule has 2 aromatic rings. The third-order valence-corrected chi connectivity index (χ3v) is 6.20. The van der Waals surface area contributed by atoms with Gasteiger partial charge in [-0.05, 0) is 48.2 Å². The first-order valence-corrected chi connectivity index (χ1v) is 11.4. The fraction of sp³-hybridized carbons (Fsp3) is 0.364. The van der Waals surface area contributed by atoms with Crippen LogP contribution >= 0.6 is 31.9 Å². The van der Waals surface area contributed by atoms with Gasteiger partial charge in [0.25, 0.3) is 0 Å². The first-order valence-electron chi connectivity index (χ1n) is 9.78. The van der Waals surface area contributed by atoms with Gasteiger partial charge in [0, 0.05) is 35.1 Å². The molecule has 154 valence electrons. The Kier molecular flexibility index (Phi) is 8.27. The van der Waals surface area contributed by atoms with E-state index in [-0.39, 0.29) is 23.7 Å². The Morgan fingerprint density at radius 3 is 1.52 bits per heavy atom. The summed E-state index contributed by atoms with van der Waals surface area (Å²) in [6.07, 6.45) is 1.53. The Labute approximate surface area is 188 Å². The van der Waals surface area contributed by atoms with Gasteiger partial charge in [-0.15, -0.1) is 0 Å². The molecule has 0 aliphatic carbocycles. The van der Waals surface area contributed by atoms with Crippen LogP contribution in [0, 0.1) is 11.8 Å². The molecule has 2 aromatic carbocycles. The van der Waals surface area contributed by atoms with E-state index < -0.39 is 0 Å². The molecular formula is C22H25Br2N3O2. The first-order chi connectivity index (χ1) is 14.0. The van der Waals surface area contributed by atoms with E-state index in [4.69, 9.17) is 0 Å². The number of halogens is 2. The highest BCUT2D eigenvalue weighted by Gasteiger charge is 2.37. The van der Waals surface area contributed by atoms with E-state index >= 15 is 0 Å². The molecule has 29 heavy (non-hydrogen) atoms. The van der Waals surface area contributed by atoms with Crippen LogP contribution in [0.2, 0.25) is 0 Å². The van der Waals surface area contributed by atoms with Gasteiger partial charge in [-0.3, -0.25) is 9.59 Å². The molecular weight excluding hydrogens is 498 g/mol. The molecule has 0 radical (unpaired) electrons. The minimum Gasteiger partial charge on any atom is -0.355 e. The lowest BCUT2D eigenvalue weighted by Gasteiger charge is -2.18. The van der Waals surface area contributed by atoms with Crippen LogP contribution in [0.15, 0.2) is 57.5 Å². The van der Waals surface area contributed by atoms with E-state index in [1.807, 2.05) is 48.5 Å². The fourth-order valence-electron chi connectivity index (χ4n) is 3.45. The van der Waals surface area contributed by atoms with Crippen molar-refractivity contribution in [1.82, 2.24) is 16.0 Å². The lowest BCUT2D eigenvalue weighted by Crippen LogP contribution is -2.42. The van der Waals surface area contributed by atoms with Gasteiger partial charge in [0.15, 0.2) is 0 Å². The van der Waals surface area contributed by atoms with Crippen molar-refractivity contribution in [2.24, 2.45) is 11.8 Å². The van der Waals surface area contributed by atoms with Crippen molar-refractivity contribution in [2.75, 3.05) is 26.2 Å². The monoisotopic (exact) mass is 521 g/mol. The van der Waals surface area contributed by atoms with Crippen molar-refractivity contribution in [2.45, 2.75) is 12.8 Å². The molecule has 1 aliphatic heterocycles. The van der Waals surface area contributed by atoms with Gasteiger partial charge in [0.1, 0.15) is 0 Å². The number of hydrogen-bond acceptors (Lipinski definition) is 3. The summed E-state index contributed by atoms with van der Waals surface area (Å²) in [6, 6.07) is 16.1. The smallest absolute Gasteiger partial charge is 0.225 e. The standard InChI is InChI=1S/C22H25Br2N3O2/c23-17-5-1-15(2-6-17)9-11-26-21(28)19-13-25-14-20(19)22(29)27-12-10-16-3-7-18(24)8-4-16/h1-8,19-20,25H,9-14H2,(H,26,28)(H,27,29)/t19-,20-/m1/s1. The Balaban J connectivity index is 1.42. The molecule has 0 aromatic heterocycles. The van der Waals surface area contributed by atoms with E-state index in [2.05, 4.69) is 47.8 Å². The van der Waals surface area contributed by atoms with Crippen LogP contribution in [0.5, 0.6) is 0 Å². The van der Waals surface area contributed by atoms with Crippen molar-refractivity contribution in [3.05, 3.63) is 68.6 Å². The number of carbonyl (C=O) groups excluding carboxylic acids is 2. The number of rotatable bonds is 8. The summed E-state index contributed by atoms with van der Waals surface area (Å²) < 4.78 is 2.08. The molecule has 1 fully saturated rings. The number of carbonyl (C=O) groups is 2. The van der Waals surface area contributed by atoms with Crippen LogP contribution in [-0.4, -0.2) is 38.0 Å². The SMILES string of the molecule is O=C(NCCc1ccc(Br)cc1)[C@@H]1CNC[C@H]1C(=O)NCCc1ccc(Br)cc1. The summed E-state index contributed by atoms with van der Waals surface area (Å²) in [6.45, 7) is 2.20. The molecule has 0 unspecified atom stereocenters. The van der Waals surface area contributed by atoms with Crippen LogP contribution in [0.1, 0.15) is 11.1 Å². The summed E-state index contributed by atoms with van der Waals surface area (Å²) in [5, 5.41) is 9.15. The summed E-state index contributed by atoms with van der Waals surface area (Å²) >= 11 is 6.84. The lowest BCUT2D eigenvalue weighted by molar-refractivity contribution is -0.132. The highest BCUT2D eigenvalue weighted by molar-refractivity contribution is 9.10. The van der Waals surface area contributed by atoms with Gasteiger partial charge >= 0.3 is 0 Å². The predicted octanol–water partition coefficient (Wildman–Crippen LogP) is 3.06. The molecule has 1 heterocycles. The van der Waals surface area contributed by atoms with Crippen LogP contribution in [0.25, 0.3) is 0 Å². The molecule has 3 rings (SSSR count). The zero-order valence-corrected chi connectivity index (χ0v) is 19.3. The molecule has 1 saturated heterocycles. The maximum absolute atomic E-state index is 12.6. The molecule has 5 nitrogen and oxygen atoms in total. The Morgan fingerprint density at radius 1 is 0.759 bits per heavy atom.